The number of aliphatic hydroxyl groups is 2. The molecule has 1 saturated carbocycles. The van der Waals surface area contributed by atoms with Gasteiger partial charge in [0.05, 0.1) is 34.0 Å². The molecule has 0 spiro atoms. The molecule has 1 aromatic carbocycles. The van der Waals surface area contributed by atoms with Crippen molar-refractivity contribution in [2.75, 3.05) is 36.4 Å². The van der Waals surface area contributed by atoms with Gasteiger partial charge in [0.1, 0.15) is 5.82 Å². The average Bonchev–Trinajstić information content (AvgIpc) is 3.34. The minimum Gasteiger partial charge on any atom is -0.390 e. The maximum Gasteiger partial charge on any atom is 0.416 e. The first-order chi connectivity index (χ1) is 17.4. The Morgan fingerprint density at radius 3 is 2.49 bits per heavy atom. The predicted molar refractivity (Wildman–Crippen MR) is 132 cm³/mol. The van der Waals surface area contributed by atoms with E-state index in [-0.39, 0.29) is 17.8 Å². The smallest absolute Gasteiger partial charge is 0.390 e. The second-order valence-corrected chi connectivity index (χ2v) is 11.2. The Balaban J connectivity index is 1.33. The fourth-order valence-corrected chi connectivity index (χ4v) is 5.64. The molecule has 2 aliphatic heterocycles. The van der Waals surface area contributed by atoms with Gasteiger partial charge in [0.15, 0.2) is 5.65 Å². The summed E-state index contributed by atoms with van der Waals surface area (Å²) in [5, 5.41) is 28.8. The molecule has 0 amide bonds. The lowest BCUT2D eigenvalue weighted by atomic mass is 9.77. The number of nitrogens with one attached hydrogen (secondary N) is 1. The molecule has 0 bridgehead atoms. The van der Waals surface area contributed by atoms with Crippen LogP contribution in [0.25, 0.3) is 16.7 Å². The molecule has 0 radical (unpaired) electrons. The Labute approximate surface area is 211 Å². The number of likely N-dealkylation sites (tertiary alicyclic amines) is 1. The lowest BCUT2D eigenvalue weighted by molar-refractivity contribution is -0.137. The van der Waals surface area contributed by atoms with Gasteiger partial charge in [-0.2, -0.15) is 28.2 Å². The number of hydrogen-bond acceptors (Lipinski definition) is 8. The fourth-order valence-electron chi connectivity index (χ4n) is 5.64. The third kappa shape index (κ3) is 4.62. The zero-order valence-electron chi connectivity index (χ0n) is 20.7. The first kappa shape index (κ1) is 24.4. The van der Waals surface area contributed by atoms with Crippen molar-refractivity contribution in [3.63, 3.8) is 0 Å². The van der Waals surface area contributed by atoms with Crippen molar-refractivity contribution < 1.29 is 23.4 Å². The van der Waals surface area contributed by atoms with Crippen LogP contribution in [0.1, 0.15) is 38.7 Å². The van der Waals surface area contributed by atoms with Crippen molar-refractivity contribution in [3.8, 4) is 5.69 Å². The quantitative estimate of drug-likeness (QED) is 0.475. The van der Waals surface area contributed by atoms with Crippen molar-refractivity contribution in [2.24, 2.45) is 0 Å². The number of anilines is 2. The highest BCUT2D eigenvalue weighted by Gasteiger charge is 2.42. The summed E-state index contributed by atoms with van der Waals surface area (Å²) < 4.78 is 41.5. The zero-order chi connectivity index (χ0) is 26.2. The molecule has 1 aliphatic carbocycles. The van der Waals surface area contributed by atoms with Gasteiger partial charge in [0.2, 0.25) is 5.95 Å². The second-order valence-electron chi connectivity index (χ2n) is 11.2. The van der Waals surface area contributed by atoms with Gasteiger partial charge in [0, 0.05) is 38.3 Å². The number of aromatic nitrogens is 4. The highest BCUT2D eigenvalue weighted by atomic mass is 19.4. The standard InChI is InChI=1S/C25H30F3N7O2/c1-23(36)6-7-33(14-23)18-12-34(13-18)20-19-11-29-35(17-5-3-4-15(8-17)25(26,27)28)21(19)32-22(31-20)30-16-9-24(2,37)10-16/h3-5,8,11,16,18,36-37H,6-7,9-10,12-14H2,1-2H3,(H,30,31,32)/t16?,23-,24?/m1/s1. The molecule has 2 saturated heterocycles. The predicted octanol–water partition coefficient (Wildman–Crippen LogP) is 2.80. The minimum absolute atomic E-state index is 0.00111. The first-order valence-electron chi connectivity index (χ1n) is 12.5. The molecule has 198 valence electrons. The molecule has 9 nitrogen and oxygen atoms in total. The fraction of sp³-hybridized carbons (Fsp3) is 0.560. The van der Waals surface area contributed by atoms with Gasteiger partial charge in [-0.3, -0.25) is 4.90 Å². The Morgan fingerprint density at radius 2 is 1.84 bits per heavy atom. The largest absolute Gasteiger partial charge is 0.416 e. The van der Waals surface area contributed by atoms with Crippen LogP contribution in [0.5, 0.6) is 0 Å². The van der Waals surface area contributed by atoms with E-state index in [0.29, 0.717) is 55.3 Å². The van der Waals surface area contributed by atoms with Crippen molar-refractivity contribution >= 4 is 22.8 Å². The Kier molecular flexibility index (Phi) is 5.45. The first-order valence-corrected chi connectivity index (χ1v) is 12.5. The summed E-state index contributed by atoms with van der Waals surface area (Å²) in [7, 11) is 0. The van der Waals surface area contributed by atoms with Gasteiger partial charge in [-0.15, -0.1) is 0 Å². The van der Waals surface area contributed by atoms with E-state index in [2.05, 4.69) is 25.2 Å². The lowest BCUT2D eigenvalue weighted by Crippen LogP contribution is -2.59. The average molecular weight is 518 g/mol. The normalized spacial score (nSPS) is 28.9. The van der Waals surface area contributed by atoms with Crippen LogP contribution in [0.3, 0.4) is 0 Å². The zero-order valence-corrected chi connectivity index (χ0v) is 20.7. The summed E-state index contributed by atoms with van der Waals surface area (Å²) in [5.74, 6) is 1.02. The molecule has 3 fully saturated rings. The van der Waals surface area contributed by atoms with Gasteiger partial charge in [0.25, 0.3) is 0 Å². The van der Waals surface area contributed by atoms with E-state index in [1.807, 2.05) is 6.92 Å². The summed E-state index contributed by atoms with van der Waals surface area (Å²) in [6.07, 6.45) is -1.03. The van der Waals surface area contributed by atoms with Crippen LogP contribution in [-0.2, 0) is 6.18 Å². The number of nitrogens with zero attached hydrogens (tertiary/aromatic N) is 6. The summed E-state index contributed by atoms with van der Waals surface area (Å²) >= 11 is 0. The van der Waals surface area contributed by atoms with Crippen molar-refractivity contribution in [2.45, 2.75) is 62.6 Å². The molecular weight excluding hydrogens is 487 g/mol. The molecule has 0 unspecified atom stereocenters. The molecule has 12 heteroatoms. The SMILES string of the molecule is CC1(O)CC(Nc2nc(N3CC(N4CC[C@@](C)(O)C4)C3)c3cnn(-c4cccc(C(F)(F)F)c4)c3n2)C1. The molecule has 4 heterocycles. The third-order valence-electron chi connectivity index (χ3n) is 7.69. The molecule has 3 aromatic rings. The van der Waals surface area contributed by atoms with E-state index in [9.17, 15) is 23.4 Å². The van der Waals surface area contributed by atoms with Crippen molar-refractivity contribution in [1.82, 2.24) is 24.6 Å². The molecule has 2 aromatic heterocycles. The molecular formula is C25H30F3N7O2. The number of halogens is 3. The maximum atomic E-state index is 13.4. The highest BCUT2D eigenvalue weighted by molar-refractivity contribution is 5.89. The Morgan fingerprint density at radius 1 is 1.08 bits per heavy atom. The number of rotatable bonds is 5. The van der Waals surface area contributed by atoms with Crippen LogP contribution < -0.4 is 10.2 Å². The van der Waals surface area contributed by atoms with E-state index in [1.165, 1.54) is 10.7 Å². The van der Waals surface area contributed by atoms with Gasteiger partial charge < -0.3 is 20.4 Å². The monoisotopic (exact) mass is 517 g/mol. The Bertz CT molecular complexity index is 1330. The lowest BCUT2D eigenvalue weighted by Gasteiger charge is -2.45. The van der Waals surface area contributed by atoms with Crippen LogP contribution in [0.2, 0.25) is 0 Å². The number of hydrogen-bond donors (Lipinski definition) is 3. The van der Waals surface area contributed by atoms with E-state index >= 15 is 0 Å². The summed E-state index contributed by atoms with van der Waals surface area (Å²) in [5.41, 5.74) is -1.50. The Hall–Kier alpha value is -2.96. The van der Waals surface area contributed by atoms with Gasteiger partial charge in [-0.05, 0) is 51.3 Å². The highest BCUT2D eigenvalue weighted by Crippen LogP contribution is 2.37. The number of alkyl halides is 3. The van der Waals surface area contributed by atoms with Crippen LogP contribution in [0, 0.1) is 0 Å². The van der Waals surface area contributed by atoms with Crippen LogP contribution in [-0.4, -0.2) is 84.3 Å². The van der Waals surface area contributed by atoms with Gasteiger partial charge >= 0.3 is 6.18 Å². The van der Waals surface area contributed by atoms with E-state index in [1.54, 1.807) is 19.2 Å². The summed E-state index contributed by atoms with van der Waals surface area (Å²) in [6, 6.07) is 5.30. The van der Waals surface area contributed by atoms with Crippen molar-refractivity contribution in [1.29, 1.82) is 0 Å². The maximum absolute atomic E-state index is 13.4. The van der Waals surface area contributed by atoms with Crippen LogP contribution in [0.15, 0.2) is 30.5 Å². The molecule has 3 aliphatic rings. The van der Waals surface area contributed by atoms with Crippen LogP contribution >= 0.6 is 0 Å². The van der Waals surface area contributed by atoms with E-state index in [0.717, 1.165) is 25.1 Å². The molecule has 6 rings (SSSR count). The van der Waals surface area contributed by atoms with Gasteiger partial charge in [-0.25, -0.2) is 4.68 Å². The molecule has 3 N–H and O–H groups in total. The third-order valence-corrected chi connectivity index (χ3v) is 7.69. The number of β-amino-alcohol motifs (C(OH)–C–C–N with tert-alkyl or cyclic N) is 1. The van der Waals surface area contributed by atoms with Crippen molar-refractivity contribution in [3.05, 3.63) is 36.0 Å². The number of benzene rings is 1. The second kappa shape index (κ2) is 8.27. The minimum atomic E-state index is -4.47. The topological polar surface area (TPSA) is 103 Å². The van der Waals surface area contributed by atoms with Crippen LogP contribution in [0.4, 0.5) is 24.9 Å². The molecule has 37 heavy (non-hydrogen) atoms. The summed E-state index contributed by atoms with van der Waals surface area (Å²) in [6.45, 7) is 6.54. The van der Waals surface area contributed by atoms with E-state index < -0.39 is 22.9 Å². The molecule has 1 atom stereocenters. The van der Waals surface area contributed by atoms with Gasteiger partial charge in [-0.1, -0.05) is 6.07 Å². The van der Waals surface area contributed by atoms with E-state index in [4.69, 9.17) is 4.98 Å². The number of fused-ring (bicyclic) bond motifs is 1. The summed E-state index contributed by atoms with van der Waals surface area (Å²) in [4.78, 5) is 13.8.